The van der Waals surface area contributed by atoms with E-state index in [2.05, 4.69) is 15.3 Å². The molecule has 7 nitrogen and oxygen atoms in total. The largest absolute Gasteiger partial charge is 0.444 e. The van der Waals surface area contributed by atoms with E-state index in [0.29, 0.717) is 5.56 Å². The van der Waals surface area contributed by atoms with Gasteiger partial charge in [-0.15, -0.1) is 0 Å². The lowest BCUT2D eigenvalue weighted by molar-refractivity contribution is 0.0523. The molecule has 7 heteroatoms. The van der Waals surface area contributed by atoms with Crippen LogP contribution in [-0.4, -0.2) is 26.8 Å². The topological polar surface area (TPSA) is 110 Å². The summed E-state index contributed by atoms with van der Waals surface area (Å²) in [6.07, 6.45) is 0.929. The van der Waals surface area contributed by atoms with Crippen molar-refractivity contribution in [1.29, 1.82) is 0 Å². The van der Waals surface area contributed by atoms with Gasteiger partial charge in [0.05, 0.1) is 6.54 Å². The Hall–Kier alpha value is -1.89. The summed E-state index contributed by atoms with van der Waals surface area (Å²) in [5.74, 6) is 0.471. The Morgan fingerprint density at radius 1 is 1.56 bits per heavy atom. The van der Waals surface area contributed by atoms with Gasteiger partial charge in [-0.25, -0.2) is 14.8 Å². The second-order valence-electron chi connectivity index (χ2n) is 4.71. The molecule has 100 valence electrons. The number of hydrogen-bond acceptors (Lipinski definition) is 6. The van der Waals surface area contributed by atoms with Crippen molar-refractivity contribution in [1.82, 2.24) is 15.3 Å². The number of anilines is 1. The Morgan fingerprint density at radius 2 is 2.22 bits per heavy atom. The summed E-state index contributed by atoms with van der Waals surface area (Å²) in [5, 5.41) is 11.4. The van der Waals surface area contributed by atoms with Gasteiger partial charge in [-0.1, -0.05) is 0 Å². The van der Waals surface area contributed by atoms with E-state index in [1.54, 1.807) is 20.8 Å². The van der Waals surface area contributed by atoms with Crippen molar-refractivity contribution in [3.05, 3.63) is 17.6 Å². The van der Waals surface area contributed by atoms with Gasteiger partial charge in [-0.05, 0) is 20.8 Å². The molecule has 0 atom stereocenters. The van der Waals surface area contributed by atoms with Gasteiger partial charge in [-0.2, -0.15) is 0 Å². The highest BCUT2D eigenvalue weighted by Crippen LogP contribution is 2.09. The molecule has 1 heterocycles. The summed E-state index contributed by atoms with van der Waals surface area (Å²) in [7, 11) is 0. The second-order valence-corrected chi connectivity index (χ2v) is 4.71. The molecule has 0 aromatic carbocycles. The molecule has 1 rings (SSSR count). The van der Waals surface area contributed by atoms with Crippen LogP contribution in [0.25, 0.3) is 0 Å². The first kappa shape index (κ1) is 14.2. The van der Waals surface area contributed by atoms with E-state index in [4.69, 9.17) is 15.6 Å². The molecule has 0 bridgehead atoms. The third kappa shape index (κ3) is 4.54. The molecule has 18 heavy (non-hydrogen) atoms. The summed E-state index contributed by atoms with van der Waals surface area (Å²) in [6.45, 7) is 5.23. The first-order valence-corrected chi connectivity index (χ1v) is 5.50. The fourth-order valence-corrected chi connectivity index (χ4v) is 1.15. The summed E-state index contributed by atoms with van der Waals surface area (Å²) in [5.41, 5.74) is 5.67. The molecule has 0 aliphatic rings. The van der Waals surface area contributed by atoms with E-state index in [0.717, 1.165) is 0 Å². The molecule has 1 amide bonds. The summed E-state index contributed by atoms with van der Waals surface area (Å²) in [4.78, 5) is 19.2. The first-order valence-electron chi connectivity index (χ1n) is 5.50. The van der Waals surface area contributed by atoms with Gasteiger partial charge in [0, 0.05) is 11.8 Å². The maximum Gasteiger partial charge on any atom is 0.407 e. The molecule has 0 fully saturated rings. The number of carbonyl (C=O) groups excluding carboxylic acids is 1. The van der Waals surface area contributed by atoms with Gasteiger partial charge in [0.2, 0.25) is 0 Å². The lowest BCUT2D eigenvalue weighted by Gasteiger charge is -2.19. The second kappa shape index (κ2) is 5.63. The van der Waals surface area contributed by atoms with Crippen molar-refractivity contribution in [3.8, 4) is 0 Å². The van der Waals surface area contributed by atoms with Crippen molar-refractivity contribution in [3.63, 3.8) is 0 Å². The number of aliphatic hydroxyl groups excluding tert-OH is 1. The zero-order valence-electron chi connectivity index (χ0n) is 10.7. The van der Waals surface area contributed by atoms with Gasteiger partial charge in [0.15, 0.2) is 5.82 Å². The highest BCUT2D eigenvalue weighted by atomic mass is 16.6. The lowest BCUT2D eigenvalue weighted by atomic mass is 10.2. The fourth-order valence-electron chi connectivity index (χ4n) is 1.15. The maximum absolute atomic E-state index is 11.4. The Kier molecular flexibility index (Phi) is 4.43. The molecule has 1 aromatic heterocycles. The predicted molar refractivity (Wildman–Crippen MR) is 65.4 cm³/mol. The number of aliphatic hydroxyl groups is 1. The highest BCUT2D eigenvalue weighted by Gasteiger charge is 2.16. The summed E-state index contributed by atoms with van der Waals surface area (Å²) >= 11 is 0. The fraction of sp³-hybridized carbons (Fsp3) is 0.545. The Labute approximate surface area is 105 Å². The smallest absolute Gasteiger partial charge is 0.407 e. The third-order valence-corrected chi connectivity index (χ3v) is 1.91. The minimum absolute atomic E-state index is 0.173. The number of carbonyl (C=O) groups is 1. The van der Waals surface area contributed by atoms with Crippen LogP contribution in [0.4, 0.5) is 10.6 Å². The van der Waals surface area contributed by atoms with E-state index in [9.17, 15) is 4.79 Å². The number of nitrogen functional groups attached to an aromatic ring is 1. The summed E-state index contributed by atoms with van der Waals surface area (Å²) < 4.78 is 5.07. The van der Waals surface area contributed by atoms with Crippen molar-refractivity contribution in [2.24, 2.45) is 0 Å². The molecule has 0 aliphatic carbocycles. The first-order chi connectivity index (χ1) is 8.31. The standard InChI is InChI=1S/C11H18N4O3/c1-11(2,3)18-10(17)14-5-7-4-13-8(6-16)15-9(7)12/h4,16H,5-6H2,1-3H3,(H,14,17)(H2,12,13,15). The Bertz CT molecular complexity index is 429. The van der Waals surface area contributed by atoms with Crippen LogP contribution < -0.4 is 11.1 Å². The molecule has 0 saturated carbocycles. The van der Waals surface area contributed by atoms with Crippen LogP contribution in [0.5, 0.6) is 0 Å². The average molecular weight is 254 g/mol. The quantitative estimate of drug-likeness (QED) is 0.727. The number of alkyl carbamates (subject to hydrolysis) is 1. The molecule has 0 radical (unpaired) electrons. The molecule has 0 aliphatic heterocycles. The van der Waals surface area contributed by atoms with Crippen LogP contribution in [0, 0.1) is 0 Å². The number of hydrogen-bond donors (Lipinski definition) is 3. The van der Waals surface area contributed by atoms with Crippen LogP contribution in [0.2, 0.25) is 0 Å². The molecule has 0 saturated heterocycles. The van der Waals surface area contributed by atoms with E-state index >= 15 is 0 Å². The number of aromatic nitrogens is 2. The van der Waals surface area contributed by atoms with Crippen molar-refractivity contribution in [2.45, 2.75) is 39.5 Å². The van der Waals surface area contributed by atoms with Gasteiger partial charge in [0.1, 0.15) is 18.0 Å². The van der Waals surface area contributed by atoms with Crippen LogP contribution in [-0.2, 0) is 17.9 Å². The Morgan fingerprint density at radius 3 is 2.72 bits per heavy atom. The van der Waals surface area contributed by atoms with E-state index in [1.807, 2.05) is 0 Å². The van der Waals surface area contributed by atoms with Gasteiger partial charge >= 0.3 is 6.09 Å². The number of nitrogens with zero attached hydrogens (tertiary/aromatic N) is 2. The zero-order valence-corrected chi connectivity index (χ0v) is 10.7. The number of amides is 1. The number of nitrogens with one attached hydrogen (secondary N) is 1. The average Bonchev–Trinajstić information content (AvgIpc) is 2.25. The van der Waals surface area contributed by atoms with Crippen LogP contribution >= 0.6 is 0 Å². The molecular formula is C11H18N4O3. The number of rotatable bonds is 3. The van der Waals surface area contributed by atoms with E-state index in [1.165, 1.54) is 6.20 Å². The molecule has 1 aromatic rings. The van der Waals surface area contributed by atoms with Crippen molar-refractivity contribution >= 4 is 11.9 Å². The normalized spacial score (nSPS) is 11.1. The SMILES string of the molecule is CC(C)(C)OC(=O)NCc1cnc(CO)nc1N. The maximum atomic E-state index is 11.4. The van der Waals surface area contributed by atoms with Crippen LogP contribution in [0.1, 0.15) is 32.2 Å². The Balaban J connectivity index is 2.56. The molecular weight excluding hydrogens is 236 g/mol. The van der Waals surface area contributed by atoms with E-state index in [-0.39, 0.29) is 24.8 Å². The number of ether oxygens (including phenoxy) is 1. The van der Waals surface area contributed by atoms with Crippen LogP contribution in [0.15, 0.2) is 6.20 Å². The monoisotopic (exact) mass is 254 g/mol. The summed E-state index contributed by atoms with van der Waals surface area (Å²) in [6, 6.07) is 0. The lowest BCUT2D eigenvalue weighted by Crippen LogP contribution is -2.32. The minimum atomic E-state index is -0.549. The third-order valence-electron chi connectivity index (χ3n) is 1.91. The number of nitrogens with two attached hydrogens (primary N) is 1. The van der Waals surface area contributed by atoms with E-state index < -0.39 is 11.7 Å². The van der Waals surface area contributed by atoms with Crippen molar-refractivity contribution < 1.29 is 14.6 Å². The predicted octanol–water partition coefficient (Wildman–Crippen LogP) is 0.576. The molecule has 0 spiro atoms. The molecule has 4 N–H and O–H groups in total. The van der Waals surface area contributed by atoms with Crippen molar-refractivity contribution in [2.75, 3.05) is 5.73 Å². The van der Waals surface area contributed by atoms with Gasteiger partial charge < -0.3 is 20.9 Å². The van der Waals surface area contributed by atoms with Crippen LogP contribution in [0.3, 0.4) is 0 Å². The van der Waals surface area contributed by atoms with Gasteiger partial charge in [-0.3, -0.25) is 0 Å². The zero-order chi connectivity index (χ0) is 13.8. The highest BCUT2D eigenvalue weighted by molar-refractivity contribution is 5.67. The van der Waals surface area contributed by atoms with Gasteiger partial charge in [0.25, 0.3) is 0 Å². The minimum Gasteiger partial charge on any atom is -0.444 e. The molecule has 0 unspecified atom stereocenters.